The number of rotatable bonds is 5. The van der Waals surface area contributed by atoms with Crippen LogP contribution in [0.25, 0.3) is 53.1 Å². The molecule has 4 nitrogen and oxygen atoms in total. The zero-order chi connectivity index (χ0) is 37.5. The fraction of sp³-hybridized carbons (Fsp3) is 0.0385. The first-order chi connectivity index (χ1) is 28.3. The number of benzene rings is 8. The van der Waals surface area contributed by atoms with Crippen molar-refractivity contribution in [2.75, 3.05) is 0 Å². The number of thiophene rings is 1. The molecule has 1 atom stereocenters. The second-order valence-electron chi connectivity index (χ2n) is 14.9. The number of hydrogen-bond donors (Lipinski definition) is 1. The Morgan fingerprint density at radius 3 is 1.88 bits per heavy atom. The highest BCUT2D eigenvalue weighted by atomic mass is 32.1. The summed E-state index contributed by atoms with van der Waals surface area (Å²) in [6.45, 7) is 0. The molecule has 0 amide bonds. The van der Waals surface area contributed by atoms with Gasteiger partial charge in [-0.15, -0.1) is 11.3 Å². The highest BCUT2D eigenvalue weighted by Crippen LogP contribution is 2.59. The highest BCUT2D eigenvalue weighted by molar-refractivity contribution is 7.26. The monoisotopic (exact) mass is 746 g/mol. The second kappa shape index (κ2) is 12.5. The van der Waals surface area contributed by atoms with Crippen molar-refractivity contribution in [2.24, 2.45) is 9.98 Å². The van der Waals surface area contributed by atoms with Gasteiger partial charge in [-0.1, -0.05) is 170 Å². The first-order valence-corrected chi connectivity index (χ1v) is 20.3. The number of nitrogens with zero attached hydrogens (tertiary/aromatic N) is 3. The van der Waals surface area contributed by atoms with Gasteiger partial charge >= 0.3 is 0 Å². The molecule has 57 heavy (non-hydrogen) atoms. The van der Waals surface area contributed by atoms with Crippen LogP contribution in [0.5, 0.6) is 0 Å². The van der Waals surface area contributed by atoms with Crippen molar-refractivity contribution in [1.82, 2.24) is 9.88 Å². The molecule has 0 saturated carbocycles. The van der Waals surface area contributed by atoms with Crippen LogP contribution in [0.1, 0.15) is 39.7 Å². The van der Waals surface area contributed by atoms with Crippen molar-refractivity contribution < 1.29 is 0 Å². The van der Waals surface area contributed by atoms with Crippen molar-refractivity contribution in [3.8, 4) is 11.1 Å². The molecule has 0 bridgehead atoms. The van der Waals surface area contributed by atoms with E-state index in [4.69, 9.17) is 9.98 Å². The Kier molecular flexibility index (Phi) is 7.04. The molecule has 0 fully saturated rings. The molecule has 1 unspecified atom stereocenters. The molecule has 5 heteroatoms. The quantitative estimate of drug-likeness (QED) is 0.187. The average molecular weight is 747 g/mol. The first-order valence-electron chi connectivity index (χ1n) is 19.4. The van der Waals surface area contributed by atoms with Crippen molar-refractivity contribution in [2.45, 2.75) is 11.7 Å². The van der Waals surface area contributed by atoms with E-state index in [0.717, 1.165) is 33.8 Å². The van der Waals surface area contributed by atoms with Crippen LogP contribution >= 0.6 is 11.3 Å². The third-order valence-electron chi connectivity index (χ3n) is 12.0. The topological polar surface area (TPSA) is 41.7 Å². The largest absolute Gasteiger partial charge is 0.324 e. The molecule has 1 aliphatic heterocycles. The van der Waals surface area contributed by atoms with Crippen molar-refractivity contribution in [1.29, 1.82) is 0 Å². The lowest BCUT2D eigenvalue weighted by Gasteiger charge is -2.33. The molecule has 0 spiro atoms. The minimum Gasteiger partial charge on any atom is -0.324 e. The Labute approximate surface area is 333 Å². The van der Waals surface area contributed by atoms with E-state index in [0.29, 0.717) is 0 Å². The SMILES string of the molecule is c1ccc(C2=NC(n3c4ccccc4c4c5c(ccc43)C(c3ccccc3)(c3ccccc3)c3ccccc3-5)N=C(c3cccc4c3sc3ccccc34)N2)cc1. The minimum absolute atomic E-state index is 0.493. The van der Waals surface area contributed by atoms with Crippen LogP contribution in [-0.2, 0) is 5.41 Å². The summed E-state index contributed by atoms with van der Waals surface area (Å²) in [5.74, 6) is 1.61. The summed E-state index contributed by atoms with van der Waals surface area (Å²) in [5, 5.41) is 8.63. The molecule has 2 aliphatic rings. The molecule has 10 aromatic rings. The van der Waals surface area contributed by atoms with Gasteiger partial charge in [0.2, 0.25) is 6.29 Å². The number of hydrogen-bond acceptors (Lipinski definition) is 4. The van der Waals surface area contributed by atoms with Gasteiger partial charge in [0.1, 0.15) is 11.7 Å². The van der Waals surface area contributed by atoms with E-state index >= 15 is 0 Å². The summed E-state index contributed by atoms with van der Waals surface area (Å²) in [4.78, 5) is 11.0. The Hall–Kier alpha value is -7.08. The lowest BCUT2D eigenvalue weighted by molar-refractivity contribution is 0.575. The van der Waals surface area contributed by atoms with Gasteiger partial charge in [-0.2, -0.15) is 0 Å². The Bertz CT molecular complexity index is 3230. The fourth-order valence-electron chi connectivity index (χ4n) is 9.63. The van der Waals surface area contributed by atoms with E-state index in [1.54, 1.807) is 0 Å². The van der Waals surface area contributed by atoms with Crippen LogP contribution in [0.4, 0.5) is 0 Å². The van der Waals surface area contributed by atoms with Crippen LogP contribution in [-0.4, -0.2) is 16.2 Å². The maximum absolute atomic E-state index is 5.54. The fourth-order valence-corrected chi connectivity index (χ4v) is 10.9. The third-order valence-corrected chi connectivity index (χ3v) is 13.2. The molecule has 0 saturated heterocycles. The zero-order valence-electron chi connectivity index (χ0n) is 30.8. The summed E-state index contributed by atoms with van der Waals surface area (Å²) in [5.41, 5.74) is 11.4. The number of para-hydroxylation sites is 1. The molecule has 8 aromatic carbocycles. The molecule has 3 heterocycles. The first kappa shape index (κ1) is 32.2. The summed E-state index contributed by atoms with van der Waals surface area (Å²) in [7, 11) is 0. The van der Waals surface area contributed by atoms with Crippen LogP contribution < -0.4 is 5.32 Å². The Morgan fingerprint density at radius 1 is 0.474 bits per heavy atom. The van der Waals surface area contributed by atoms with E-state index < -0.39 is 11.7 Å². The summed E-state index contributed by atoms with van der Waals surface area (Å²) in [6, 6.07) is 70.2. The molecule has 1 aliphatic carbocycles. The van der Waals surface area contributed by atoms with E-state index in [9.17, 15) is 0 Å². The van der Waals surface area contributed by atoms with Gasteiger partial charge in [0, 0.05) is 42.1 Å². The molecule has 12 rings (SSSR count). The van der Waals surface area contributed by atoms with Crippen molar-refractivity contribution in [3.63, 3.8) is 0 Å². The number of fused-ring (bicyclic) bond motifs is 10. The average Bonchev–Trinajstić information content (AvgIpc) is 3.94. The molecule has 2 aromatic heterocycles. The molecular weight excluding hydrogens is 713 g/mol. The molecule has 0 radical (unpaired) electrons. The van der Waals surface area contributed by atoms with Crippen LogP contribution in [0.2, 0.25) is 0 Å². The van der Waals surface area contributed by atoms with Gasteiger partial charge in [0.25, 0.3) is 0 Å². The van der Waals surface area contributed by atoms with Gasteiger partial charge in [0.05, 0.1) is 16.4 Å². The second-order valence-corrected chi connectivity index (χ2v) is 15.9. The van der Waals surface area contributed by atoms with Crippen LogP contribution in [0.15, 0.2) is 204 Å². The number of aromatic nitrogens is 1. The smallest absolute Gasteiger partial charge is 0.224 e. The van der Waals surface area contributed by atoms with Gasteiger partial charge in [-0.3, -0.25) is 4.57 Å². The minimum atomic E-state index is -0.564. The van der Waals surface area contributed by atoms with Crippen molar-refractivity contribution >= 4 is 65.0 Å². The predicted molar refractivity (Wildman–Crippen MR) is 238 cm³/mol. The maximum atomic E-state index is 5.54. The zero-order valence-corrected chi connectivity index (χ0v) is 31.6. The summed E-state index contributed by atoms with van der Waals surface area (Å²) in [6.07, 6.45) is -0.564. The Morgan fingerprint density at radius 2 is 1.09 bits per heavy atom. The molecule has 268 valence electrons. The lowest BCUT2D eigenvalue weighted by atomic mass is 9.67. The van der Waals surface area contributed by atoms with Crippen LogP contribution in [0.3, 0.4) is 0 Å². The summed E-state index contributed by atoms with van der Waals surface area (Å²) < 4.78 is 4.84. The summed E-state index contributed by atoms with van der Waals surface area (Å²) >= 11 is 1.82. The van der Waals surface area contributed by atoms with E-state index in [1.165, 1.54) is 64.3 Å². The number of nitrogens with one attached hydrogen (secondary N) is 1. The predicted octanol–water partition coefficient (Wildman–Crippen LogP) is 12.5. The normalized spacial score (nSPS) is 15.7. The highest BCUT2D eigenvalue weighted by Gasteiger charge is 2.47. The third kappa shape index (κ3) is 4.61. The van der Waals surface area contributed by atoms with Gasteiger partial charge in [-0.25, -0.2) is 9.98 Å². The van der Waals surface area contributed by atoms with E-state index in [2.05, 4.69) is 198 Å². The van der Waals surface area contributed by atoms with Crippen LogP contribution in [0, 0.1) is 0 Å². The van der Waals surface area contributed by atoms with Gasteiger partial charge < -0.3 is 5.32 Å². The van der Waals surface area contributed by atoms with Crippen molar-refractivity contribution in [3.05, 3.63) is 228 Å². The maximum Gasteiger partial charge on any atom is 0.224 e. The molecule has 1 N–H and O–H groups in total. The van der Waals surface area contributed by atoms with E-state index in [1.807, 2.05) is 17.4 Å². The van der Waals surface area contributed by atoms with E-state index in [-0.39, 0.29) is 0 Å². The number of aliphatic imine (C=N–C) groups is 2. The Balaban J connectivity index is 1.15. The number of amidine groups is 2. The van der Waals surface area contributed by atoms with Gasteiger partial charge in [-0.05, 0) is 57.6 Å². The standard InChI is InChI=1S/C52H34N4S/c1-4-17-33(18-5-1)49-53-50(40-27-16-26-37-36-23-12-15-30-45(36)57-48(37)40)55-51(54-49)56-43-29-14-11-25-39(43)47-44(56)32-31-42-46(47)38-24-10-13-28-41(38)52(42,34-19-6-2-7-20-34)35-21-8-3-9-22-35/h1-32,51H,(H,53,54,55). The lowest BCUT2D eigenvalue weighted by Crippen LogP contribution is -2.37. The molecular formula is C52H34N4S. The van der Waals surface area contributed by atoms with Gasteiger partial charge in [0.15, 0.2) is 0 Å².